The second kappa shape index (κ2) is 6.24. The zero-order chi connectivity index (χ0) is 12.8. The Morgan fingerprint density at radius 2 is 1.82 bits per heavy atom. The summed E-state index contributed by atoms with van der Waals surface area (Å²) < 4.78 is 38.2. The van der Waals surface area contributed by atoms with Crippen LogP contribution in [0.1, 0.15) is 18.4 Å². The summed E-state index contributed by atoms with van der Waals surface area (Å²) in [5.41, 5.74) is 0.275. The topological polar surface area (TPSA) is 49.3 Å². The number of carboxylic acids is 1. The van der Waals surface area contributed by atoms with Gasteiger partial charge in [-0.05, 0) is 30.7 Å². The Labute approximate surface area is 96.3 Å². The Kier molecular flexibility index (Phi) is 4.96. The third-order valence-corrected chi connectivity index (χ3v) is 2.12. The van der Waals surface area contributed by atoms with E-state index >= 15 is 0 Å². The number of aliphatic carboxylic acids is 1. The van der Waals surface area contributed by atoms with Crippen LogP contribution < -0.4 is 5.32 Å². The molecule has 0 aliphatic rings. The molecule has 0 aliphatic carbocycles. The highest BCUT2D eigenvalue weighted by molar-refractivity contribution is 5.66. The molecular formula is C11H12F3NO2. The number of hydrogen-bond donors (Lipinski definition) is 2. The number of carboxylic acid groups (broad SMARTS) is 1. The van der Waals surface area contributed by atoms with E-state index in [9.17, 15) is 18.0 Å². The van der Waals surface area contributed by atoms with Crippen LogP contribution in [-0.4, -0.2) is 17.6 Å². The van der Waals surface area contributed by atoms with Crippen LogP contribution in [0.5, 0.6) is 0 Å². The lowest BCUT2D eigenvalue weighted by atomic mass is 10.2. The van der Waals surface area contributed by atoms with Crippen LogP contribution in [0.25, 0.3) is 0 Å². The molecule has 0 spiro atoms. The van der Waals surface area contributed by atoms with Crippen molar-refractivity contribution in [1.82, 2.24) is 5.32 Å². The van der Waals surface area contributed by atoms with Crippen molar-refractivity contribution < 1.29 is 23.1 Å². The number of carbonyl (C=O) groups is 1. The third kappa shape index (κ3) is 4.44. The first-order valence-corrected chi connectivity index (χ1v) is 5.06. The van der Waals surface area contributed by atoms with Crippen LogP contribution in [-0.2, 0) is 11.3 Å². The van der Waals surface area contributed by atoms with Crippen molar-refractivity contribution in [2.24, 2.45) is 0 Å². The van der Waals surface area contributed by atoms with E-state index in [0.717, 1.165) is 12.1 Å². The van der Waals surface area contributed by atoms with Crippen LogP contribution in [0.3, 0.4) is 0 Å². The second-order valence-electron chi connectivity index (χ2n) is 3.55. The average molecular weight is 247 g/mol. The Morgan fingerprint density at radius 1 is 1.24 bits per heavy atom. The largest absolute Gasteiger partial charge is 0.481 e. The van der Waals surface area contributed by atoms with Crippen molar-refractivity contribution in [2.45, 2.75) is 19.4 Å². The van der Waals surface area contributed by atoms with Gasteiger partial charge >= 0.3 is 5.97 Å². The molecule has 0 atom stereocenters. The molecule has 0 saturated heterocycles. The summed E-state index contributed by atoms with van der Waals surface area (Å²) >= 11 is 0. The van der Waals surface area contributed by atoms with E-state index in [-0.39, 0.29) is 18.5 Å². The molecule has 6 heteroatoms. The third-order valence-electron chi connectivity index (χ3n) is 2.12. The molecule has 17 heavy (non-hydrogen) atoms. The SMILES string of the molecule is O=C(O)CCCNCc1cc(F)c(F)c(F)c1. The van der Waals surface area contributed by atoms with E-state index in [1.165, 1.54) is 0 Å². The first kappa shape index (κ1) is 13.5. The summed E-state index contributed by atoms with van der Waals surface area (Å²) in [6.07, 6.45) is 0.445. The Balaban J connectivity index is 2.39. The van der Waals surface area contributed by atoms with Gasteiger partial charge in [0, 0.05) is 13.0 Å². The predicted molar refractivity (Wildman–Crippen MR) is 54.9 cm³/mol. The highest BCUT2D eigenvalue weighted by Gasteiger charge is 2.09. The number of rotatable bonds is 6. The number of halogens is 3. The summed E-state index contributed by atoms with van der Waals surface area (Å²) in [5.74, 6) is -4.84. The van der Waals surface area contributed by atoms with Gasteiger partial charge in [0.15, 0.2) is 17.5 Å². The molecule has 0 fully saturated rings. The molecule has 0 unspecified atom stereocenters. The van der Waals surface area contributed by atoms with Gasteiger partial charge in [-0.2, -0.15) is 0 Å². The standard InChI is InChI=1S/C11H12F3NO2/c12-8-4-7(5-9(13)11(8)14)6-15-3-1-2-10(16)17/h4-5,15H,1-3,6H2,(H,16,17). The fraction of sp³-hybridized carbons (Fsp3) is 0.364. The van der Waals surface area contributed by atoms with Gasteiger partial charge in [0.25, 0.3) is 0 Å². The fourth-order valence-corrected chi connectivity index (χ4v) is 1.31. The average Bonchev–Trinajstić information content (AvgIpc) is 2.25. The summed E-state index contributed by atoms with van der Waals surface area (Å²) in [7, 11) is 0. The zero-order valence-corrected chi connectivity index (χ0v) is 8.97. The van der Waals surface area contributed by atoms with E-state index in [0.29, 0.717) is 13.0 Å². The van der Waals surface area contributed by atoms with Crippen LogP contribution in [0.4, 0.5) is 13.2 Å². The van der Waals surface area contributed by atoms with Crippen molar-refractivity contribution in [3.63, 3.8) is 0 Å². The molecule has 2 N–H and O–H groups in total. The molecule has 0 heterocycles. The monoisotopic (exact) mass is 247 g/mol. The Morgan fingerprint density at radius 3 is 2.35 bits per heavy atom. The van der Waals surface area contributed by atoms with Gasteiger partial charge in [-0.3, -0.25) is 4.79 Å². The predicted octanol–water partition coefficient (Wildman–Crippen LogP) is 2.06. The quantitative estimate of drug-likeness (QED) is 0.597. The normalized spacial score (nSPS) is 10.5. The van der Waals surface area contributed by atoms with Gasteiger partial charge in [-0.25, -0.2) is 13.2 Å². The van der Waals surface area contributed by atoms with Gasteiger partial charge < -0.3 is 10.4 Å². The van der Waals surface area contributed by atoms with Crippen LogP contribution in [0, 0.1) is 17.5 Å². The zero-order valence-electron chi connectivity index (χ0n) is 8.97. The van der Waals surface area contributed by atoms with Gasteiger partial charge in [-0.1, -0.05) is 0 Å². The number of benzene rings is 1. The fourth-order valence-electron chi connectivity index (χ4n) is 1.31. The minimum absolute atomic E-state index is 0.0269. The number of nitrogens with one attached hydrogen (secondary N) is 1. The molecule has 0 aromatic heterocycles. The first-order valence-electron chi connectivity index (χ1n) is 5.06. The first-order chi connectivity index (χ1) is 8.00. The van der Waals surface area contributed by atoms with Crippen LogP contribution in [0.15, 0.2) is 12.1 Å². The van der Waals surface area contributed by atoms with E-state index in [1.807, 2.05) is 0 Å². The van der Waals surface area contributed by atoms with Gasteiger partial charge in [0.05, 0.1) is 0 Å². The summed E-state index contributed by atoms with van der Waals surface area (Å²) in [4.78, 5) is 10.2. The molecule has 1 rings (SSSR count). The maximum atomic E-state index is 12.8. The second-order valence-corrected chi connectivity index (χ2v) is 3.55. The summed E-state index contributed by atoms with van der Waals surface area (Å²) in [5, 5.41) is 11.2. The highest BCUT2D eigenvalue weighted by atomic mass is 19.2. The molecule has 3 nitrogen and oxygen atoms in total. The Hall–Kier alpha value is -1.56. The Bertz CT molecular complexity index is 387. The summed E-state index contributed by atoms with van der Waals surface area (Å²) in [6, 6.07) is 1.81. The summed E-state index contributed by atoms with van der Waals surface area (Å²) in [6.45, 7) is 0.570. The molecule has 0 bridgehead atoms. The lowest BCUT2D eigenvalue weighted by Gasteiger charge is -2.05. The van der Waals surface area contributed by atoms with Crippen molar-refractivity contribution in [3.8, 4) is 0 Å². The van der Waals surface area contributed by atoms with Crippen molar-refractivity contribution >= 4 is 5.97 Å². The lowest BCUT2D eigenvalue weighted by Crippen LogP contribution is -2.16. The van der Waals surface area contributed by atoms with E-state index < -0.39 is 23.4 Å². The van der Waals surface area contributed by atoms with Crippen molar-refractivity contribution in [2.75, 3.05) is 6.54 Å². The van der Waals surface area contributed by atoms with Crippen molar-refractivity contribution in [1.29, 1.82) is 0 Å². The minimum Gasteiger partial charge on any atom is -0.481 e. The number of hydrogen-bond acceptors (Lipinski definition) is 2. The molecular weight excluding hydrogens is 235 g/mol. The van der Waals surface area contributed by atoms with E-state index in [2.05, 4.69) is 5.32 Å². The van der Waals surface area contributed by atoms with E-state index in [1.54, 1.807) is 0 Å². The van der Waals surface area contributed by atoms with Gasteiger partial charge in [-0.15, -0.1) is 0 Å². The lowest BCUT2D eigenvalue weighted by molar-refractivity contribution is -0.137. The van der Waals surface area contributed by atoms with Gasteiger partial charge in [0.1, 0.15) is 0 Å². The van der Waals surface area contributed by atoms with Crippen molar-refractivity contribution in [3.05, 3.63) is 35.1 Å². The molecule has 1 aromatic carbocycles. The van der Waals surface area contributed by atoms with Crippen LogP contribution >= 0.6 is 0 Å². The van der Waals surface area contributed by atoms with E-state index in [4.69, 9.17) is 5.11 Å². The van der Waals surface area contributed by atoms with Crippen LogP contribution in [0.2, 0.25) is 0 Å². The minimum atomic E-state index is -1.49. The molecule has 0 aliphatic heterocycles. The molecule has 0 radical (unpaired) electrons. The van der Waals surface area contributed by atoms with Gasteiger partial charge in [0.2, 0.25) is 0 Å². The molecule has 1 aromatic rings. The maximum Gasteiger partial charge on any atom is 0.303 e. The molecule has 0 saturated carbocycles. The molecule has 0 amide bonds. The smallest absolute Gasteiger partial charge is 0.303 e. The molecule has 94 valence electrons. The highest BCUT2D eigenvalue weighted by Crippen LogP contribution is 2.13. The maximum absolute atomic E-state index is 12.8.